The Kier molecular flexibility index (Phi) is 4.47. The number of amides is 1. The van der Waals surface area contributed by atoms with E-state index in [2.05, 4.69) is 20.3 Å². The van der Waals surface area contributed by atoms with Crippen LogP contribution in [0.15, 0.2) is 24.4 Å². The van der Waals surface area contributed by atoms with Crippen LogP contribution < -0.4 is 10.1 Å². The van der Waals surface area contributed by atoms with E-state index in [0.29, 0.717) is 24.7 Å². The lowest BCUT2D eigenvalue weighted by Crippen LogP contribution is -2.17. The van der Waals surface area contributed by atoms with Crippen LogP contribution in [0.25, 0.3) is 0 Å². The fourth-order valence-corrected chi connectivity index (χ4v) is 2.32. The number of nitrogens with one attached hydrogen (secondary N) is 1. The van der Waals surface area contributed by atoms with Crippen molar-refractivity contribution in [2.75, 3.05) is 18.5 Å². The molecule has 1 aliphatic rings. The monoisotopic (exact) mass is 314 g/mol. The quantitative estimate of drug-likeness (QED) is 0.927. The average molecular weight is 314 g/mol. The maximum Gasteiger partial charge on any atom is 0.259 e. The maximum absolute atomic E-state index is 12.2. The van der Waals surface area contributed by atoms with Gasteiger partial charge in [-0.2, -0.15) is 0 Å². The predicted molar refractivity (Wildman–Crippen MR) is 83.5 cm³/mol. The minimum Gasteiger partial charge on any atom is -0.472 e. The molecule has 0 spiro atoms. The van der Waals surface area contributed by atoms with Crippen LogP contribution in [0.5, 0.6) is 5.88 Å². The summed E-state index contributed by atoms with van der Waals surface area (Å²) in [6, 6.07) is 5.18. The number of ether oxygens (including phenoxy) is 2. The third-order valence-corrected chi connectivity index (χ3v) is 3.38. The van der Waals surface area contributed by atoms with Crippen LogP contribution >= 0.6 is 0 Å². The molecule has 1 fully saturated rings. The summed E-state index contributed by atoms with van der Waals surface area (Å²) in [5.74, 6) is 0.467. The van der Waals surface area contributed by atoms with Gasteiger partial charge in [0.2, 0.25) is 11.8 Å². The summed E-state index contributed by atoms with van der Waals surface area (Å²) in [7, 11) is 0. The van der Waals surface area contributed by atoms with E-state index in [1.54, 1.807) is 12.1 Å². The normalized spacial score (nSPS) is 17.0. The number of aromatic nitrogens is 3. The molecule has 2 aromatic rings. The fourth-order valence-electron chi connectivity index (χ4n) is 2.32. The summed E-state index contributed by atoms with van der Waals surface area (Å²) in [4.78, 5) is 24.7. The minimum atomic E-state index is -0.307. The van der Waals surface area contributed by atoms with Crippen molar-refractivity contribution >= 4 is 11.9 Å². The second kappa shape index (κ2) is 6.70. The lowest BCUT2D eigenvalue weighted by atomic mass is 10.2. The second-order valence-corrected chi connectivity index (χ2v) is 5.42. The molecule has 23 heavy (non-hydrogen) atoms. The second-order valence-electron chi connectivity index (χ2n) is 5.42. The van der Waals surface area contributed by atoms with Gasteiger partial charge in [-0.1, -0.05) is 0 Å². The molecular weight excluding hydrogens is 296 g/mol. The molecule has 1 saturated heterocycles. The Morgan fingerprint density at radius 1 is 1.30 bits per heavy atom. The molecule has 0 radical (unpaired) electrons. The molecule has 1 N–H and O–H groups in total. The van der Waals surface area contributed by atoms with Crippen LogP contribution in [-0.2, 0) is 4.74 Å². The lowest BCUT2D eigenvalue weighted by Gasteiger charge is -2.11. The smallest absolute Gasteiger partial charge is 0.259 e. The zero-order chi connectivity index (χ0) is 16.2. The molecule has 1 aliphatic heterocycles. The topological polar surface area (TPSA) is 86.2 Å². The van der Waals surface area contributed by atoms with Gasteiger partial charge < -0.3 is 9.47 Å². The Morgan fingerprint density at radius 2 is 2.09 bits per heavy atom. The van der Waals surface area contributed by atoms with Crippen LogP contribution in [0.1, 0.15) is 28.2 Å². The van der Waals surface area contributed by atoms with Crippen molar-refractivity contribution in [3.05, 3.63) is 41.3 Å². The van der Waals surface area contributed by atoms with E-state index in [9.17, 15) is 4.79 Å². The van der Waals surface area contributed by atoms with E-state index in [1.807, 2.05) is 19.9 Å². The van der Waals surface area contributed by atoms with Crippen molar-refractivity contribution < 1.29 is 14.3 Å². The number of rotatable bonds is 4. The highest BCUT2D eigenvalue weighted by molar-refractivity contribution is 6.03. The molecule has 0 aromatic carbocycles. The molecule has 1 amide bonds. The summed E-state index contributed by atoms with van der Waals surface area (Å²) in [6.07, 6.45) is 2.36. The SMILES string of the molecule is Cc1cc(C)nc(NC(=O)c2ccc(OC3CCOC3)nc2)n1. The average Bonchev–Trinajstić information content (AvgIpc) is 3.00. The highest BCUT2D eigenvalue weighted by Crippen LogP contribution is 2.15. The molecule has 0 saturated carbocycles. The Hall–Kier alpha value is -2.54. The number of carbonyl (C=O) groups is 1. The summed E-state index contributed by atoms with van der Waals surface area (Å²) >= 11 is 0. The van der Waals surface area contributed by atoms with Gasteiger partial charge in [0.25, 0.3) is 5.91 Å². The molecule has 2 aromatic heterocycles. The van der Waals surface area contributed by atoms with Crippen molar-refractivity contribution in [2.45, 2.75) is 26.4 Å². The summed E-state index contributed by atoms with van der Waals surface area (Å²) < 4.78 is 10.9. The van der Waals surface area contributed by atoms with Crippen LogP contribution in [0.2, 0.25) is 0 Å². The van der Waals surface area contributed by atoms with Crippen molar-refractivity contribution in [3.63, 3.8) is 0 Å². The zero-order valence-corrected chi connectivity index (χ0v) is 13.1. The zero-order valence-electron chi connectivity index (χ0n) is 13.1. The number of carbonyl (C=O) groups excluding carboxylic acids is 1. The van der Waals surface area contributed by atoms with E-state index >= 15 is 0 Å². The minimum absolute atomic E-state index is 0.0332. The third kappa shape index (κ3) is 4.01. The van der Waals surface area contributed by atoms with Gasteiger partial charge in [-0.3, -0.25) is 10.1 Å². The van der Waals surface area contributed by atoms with E-state index in [4.69, 9.17) is 9.47 Å². The van der Waals surface area contributed by atoms with Crippen molar-refractivity contribution in [1.82, 2.24) is 15.0 Å². The first-order valence-corrected chi connectivity index (χ1v) is 7.44. The van der Waals surface area contributed by atoms with E-state index < -0.39 is 0 Å². The molecule has 3 heterocycles. The molecule has 1 unspecified atom stereocenters. The lowest BCUT2D eigenvalue weighted by molar-refractivity contribution is 0.102. The number of aryl methyl sites for hydroxylation is 2. The van der Waals surface area contributed by atoms with Gasteiger partial charge >= 0.3 is 0 Å². The molecule has 3 rings (SSSR count). The van der Waals surface area contributed by atoms with Gasteiger partial charge in [0, 0.05) is 30.1 Å². The maximum atomic E-state index is 12.2. The standard InChI is InChI=1S/C16H18N4O3/c1-10-7-11(2)19-16(18-10)20-15(21)12-3-4-14(17-8-12)23-13-5-6-22-9-13/h3-4,7-8,13H,5-6,9H2,1-2H3,(H,18,19,20,21). The van der Waals surface area contributed by atoms with E-state index in [0.717, 1.165) is 17.8 Å². The molecule has 7 heteroatoms. The molecule has 7 nitrogen and oxygen atoms in total. The number of anilines is 1. The Morgan fingerprint density at radius 3 is 2.70 bits per heavy atom. The number of hydrogen-bond donors (Lipinski definition) is 1. The first kappa shape index (κ1) is 15.4. The van der Waals surface area contributed by atoms with Crippen LogP contribution in [0.3, 0.4) is 0 Å². The van der Waals surface area contributed by atoms with Gasteiger partial charge in [-0.05, 0) is 26.0 Å². The van der Waals surface area contributed by atoms with Crippen molar-refractivity contribution in [1.29, 1.82) is 0 Å². The Labute approximate surface area is 134 Å². The van der Waals surface area contributed by atoms with Gasteiger partial charge in [0.15, 0.2) is 0 Å². The summed E-state index contributed by atoms with van der Waals surface area (Å²) in [5, 5.41) is 2.67. The largest absolute Gasteiger partial charge is 0.472 e. The van der Waals surface area contributed by atoms with Crippen molar-refractivity contribution in [3.8, 4) is 5.88 Å². The van der Waals surface area contributed by atoms with Crippen LogP contribution in [-0.4, -0.2) is 40.2 Å². The first-order valence-electron chi connectivity index (χ1n) is 7.44. The number of hydrogen-bond acceptors (Lipinski definition) is 6. The summed E-state index contributed by atoms with van der Waals surface area (Å²) in [5.41, 5.74) is 2.02. The first-order chi connectivity index (χ1) is 11.1. The van der Waals surface area contributed by atoms with Crippen LogP contribution in [0, 0.1) is 13.8 Å². The highest BCUT2D eigenvalue weighted by atomic mass is 16.5. The van der Waals surface area contributed by atoms with Crippen molar-refractivity contribution in [2.24, 2.45) is 0 Å². The molecular formula is C16H18N4O3. The van der Waals surface area contributed by atoms with Gasteiger partial charge in [-0.15, -0.1) is 0 Å². The summed E-state index contributed by atoms with van der Waals surface area (Å²) in [6.45, 7) is 4.99. The van der Waals surface area contributed by atoms with E-state index in [1.165, 1.54) is 6.20 Å². The molecule has 120 valence electrons. The predicted octanol–water partition coefficient (Wildman–Crippen LogP) is 1.91. The third-order valence-electron chi connectivity index (χ3n) is 3.38. The van der Waals surface area contributed by atoms with E-state index in [-0.39, 0.29) is 18.0 Å². The highest BCUT2D eigenvalue weighted by Gasteiger charge is 2.18. The van der Waals surface area contributed by atoms with Gasteiger partial charge in [0.05, 0.1) is 18.8 Å². The van der Waals surface area contributed by atoms with Gasteiger partial charge in [0.1, 0.15) is 6.10 Å². The Bertz CT molecular complexity index is 677. The fraction of sp³-hybridized carbons (Fsp3) is 0.375. The number of pyridine rings is 1. The number of nitrogens with zero attached hydrogens (tertiary/aromatic N) is 3. The molecule has 1 atom stereocenters. The Balaban J connectivity index is 1.65. The molecule has 0 aliphatic carbocycles. The van der Waals surface area contributed by atoms with Gasteiger partial charge in [-0.25, -0.2) is 15.0 Å². The molecule has 0 bridgehead atoms. The van der Waals surface area contributed by atoms with Crippen LogP contribution in [0.4, 0.5) is 5.95 Å².